The number of aryl methyl sites for hydroxylation is 1. The van der Waals surface area contributed by atoms with E-state index in [0.717, 1.165) is 6.42 Å². The number of nitrogens with two attached hydrogens (primary N) is 1. The zero-order valence-corrected chi connectivity index (χ0v) is 9.88. The SMILES string of the molecule is COCCCOc1nc(C)cc(/C(N)=N/O)n1. The van der Waals surface area contributed by atoms with E-state index in [2.05, 4.69) is 15.1 Å². The smallest absolute Gasteiger partial charge is 0.317 e. The Morgan fingerprint density at radius 1 is 1.47 bits per heavy atom. The molecule has 0 unspecified atom stereocenters. The normalized spacial score (nSPS) is 11.5. The fraction of sp³-hybridized carbons (Fsp3) is 0.500. The summed E-state index contributed by atoms with van der Waals surface area (Å²) in [6, 6.07) is 1.82. The quantitative estimate of drug-likeness (QED) is 0.243. The first-order valence-electron chi connectivity index (χ1n) is 5.12. The van der Waals surface area contributed by atoms with Gasteiger partial charge in [0, 0.05) is 25.8 Å². The number of nitrogens with zero attached hydrogens (tertiary/aromatic N) is 3. The number of hydrogen-bond acceptors (Lipinski definition) is 6. The summed E-state index contributed by atoms with van der Waals surface area (Å²) >= 11 is 0. The van der Waals surface area contributed by atoms with Crippen LogP contribution in [0.25, 0.3) is 0 Å². The third-order valence-corrected chi connectivity index (χ3v) is 1.93. The van der Waals surface area contributed by atoms with Crippen LogP contribution in [0.2, 0.25) is 0 Å². The van der Waals surface area contributed by atoms with Gasteiger partial charge in [-0.2, -0.15) is 4.98 Å². The molecule has 0 radical (unpaired) electrons. The predicted octanol–water partition coefficient (Wildman–Crippen LogP) is 0.295. The zero-order valence-electron chi connectivity index (χ0n) is 9.88. The van der Waals surface area contributed by atoms with Gasteiger partial charge < -0.3 is 20.4 Å². The Hall–Kier alpha value is -1.89. The molecule has 0 saturated carbocycles. The maximum absolute atomic E-state index is 8.56. The minimum Gasteiger partial charge on any atom is -0.463 e. The Morgan fingerprint density at radius 3 is 2.88 bits per heavy atom. The summed E-state index contributed by atoms with van der Waals surface area (Å²) in [6.07, 6.45) is 0.743. The minimum absolute atomic E-state index is 0.0720. The van der Waals surface area contributed by atoms with Crippen LogP contribution in [-0.4, -0.2) is 41.3 Å². The van der Waals surface area contributed by atoms with Crippen LogP contribution >= 0.6 is 0 Å². The highest BCUT2D eigenvalue weighted by Gasteiger charge is 2.06. The van der Waals surface area contributed by atoms with E-state index < -0.39 is 0 Å². The van der Waals surface area contributed by atoms with Gasteiger partial charge in [-0.15, -0.1) is 0 Å². The number of amidine groups is 1. The molecule has 0 aliphatic heterocycles. The lowest BCUT2D eigenvalue weighted by Crippen LogP contribution is -2.16. The van der Waals surface area contributed by atoms with E-state index in [9.17, 15) is 0 Å². The molecule has 0 aliphatic carbocycles. The van der Waals surface area contributed by atoms with E-state index in [0.29, 0.717) is 24.6 Å². The molecule has 1 heterocycles. The highest BCUT2D eigenvalue weighted by atomic mass is 16.5. The van der Waals surface area contributed by atoms with Gasteiger partial charge in [0.05, 0.1) is 6.61 Å². The van der Waals surface area contributed by atoms with E-state index >= 15 is 0 Å². The van der Waals surface area contributed by atoms with Crippen molar-refractivity contribution in [3.63, 3.8) is 0 Å². The zero-order chi connectivity index (χ0) is 12.7. The molecular formula is C10H16N4O3. The van der Waals surface area contributed by atoms with Crippen molar-refractivity contribution in [3.8, 4) is 6.01 Å². The van der Waals surface area contributed by atoms with E-state index in [4.69, 9.17) is 20.4 Å². The molecule has 0 aliphatic rings. The largest absolute Gasteiger partial charge is 0.463 e. The van der Waals surface area contributed by atoms with Crippen molar-refractivity contribution >= 4 is 5.84 Å². The first kappa shape index (κ1) is 13.2. The van der Waals surface area contributed by atoms with Crippen molar-refractivity contribution < 1.29 is 14.7 Å². The summed E-state index contributed by atoms with van der Waals surface area (Å²) in [4.78, 5) is 8.09. The number of methoxy groups -OCH3 is 1. The molecule has 3 N–H and O–H groups in total. The van der Waals surface area contributed by atoms with Crippen LogP contribution in [0.3, 0.4) is 0 Å². The highest BCUT2D eigenvalue weighted by Crippen LogP contribution is 2.07. The number of ether oxygens (including phenoxy) is 2. The molecule has 1 aromatic rings. The Kier molecular flexibility index (Phi) is 5.15. The lowest BCUT2D eigenvalue weighted by Gasteiger charge is -2.06. The number of aromatic nitrogens is 2. The standard InChI is InChI=1S/C10H16N4O3/c1-7-6-8(9(11)14-15)13-10(12-7)17-5-3-4-16-2/h6,15H,3-5H2,1-2H3,(H2,11,14). The van der Waals surface area contributed by atoms with Gasteiger partial charge in [0.15, 0.2) is 5.84 Å². The van der Waals surface area contributed by atoms with Crippen molar-refractivity contribution in [2.75, 3.05) is 20.3 Å². The van der Waals surface area contributed by atoms with Crippen LogP contribution in [0.5, 0.6) is 6.01 Å². The van der Waals surface area contributed by atoms with Crippen molar-refractivity contribution in [2.45, 2.75) is 13.3 Å². The molecule has 0 saturated heterocycles. The number of hydrogen-bond donors (Lipinski definition) is 2. The Labute approximate surface area is 99.3 Å². The molecule has 7 heteroatoms. The van der Waals surface area contributed by atoms with Gasteiger partial charge in [-0.3, -0.25) is 0 Å². The second-order valence-corrected chi connectivity index (χ2v) is 3.36. The average molecular weight is 240 g/mol. The lowest BCUT2D eigenvalue weighted by atomic mass is 10.3. The average Bonchev–Trinajstić information content (AvgIpc) is 2.33. The summed E-state index contributed by atoms with van der Waals surface area (Å²) in [5, 5.41) is 11.4. The topological polar surface area (TPSA) is 103 Å². The molecule has 0 amide bonds. The fourth-order valence-corrected chi connectivity index (χ4v) is 1.16. The summed E-state index contributed by atoms with van der Waals surface area (Å²) < 4.78 is 10.2. The van der Waals surface area contributed by atoms with Crippen molar-refractivity contribution in [1.82, 2.24) is 9.97 Å². The third-order valence-electron chi connectivity index (χ3n) is 1.93. The highest BCUT2D eigenvalue weighted by molar-refractivity contribution is 5.95. The Balaban J connectivity index is 2.69. The summed E-state index contributed by atoms with van der Waals surface area (Å²) in [7, 11) is 1.62. The maximum Gasteiger partial charge on any atom is 0.317 e. The molecule has 17 heavy (non-hydrogen) atoms. The van der Waals surface area contributed by atoms with Crippen molar-refractivity contribution in [2.24, 2.45) is 10.9 Å². The van der Waals surface area contributed by atoms with Gasteiger partial charge in [-0.1, -0.05) is 5.16 Å². The molecule has 0 atom stereocenters. The predicted molar refractivity (Wildman–Crippen MR) is 61.3 cm³/mol. The molecular weight excluding hydrogens is 224 g/mol. The summed E-state index contributed by atoms with van der Waals surface area (Å²) in [5.74, 6) is -0.0720. The molecule has 0 fully saturated rings. The molecule has 0 aromatic carbocycles. The fourth-order valence-electron chi connectivity index (χ4n) is 1.16. The van der Waals surface area contributed by atoms with Gasteiger partial charge in [0.2, 0.25) is 0 Å². The number of rotatable bonds is 6. The minimum atomic E-state index is -0.0720. The second kappa shape index (κ2) is 6.64. The van der Waals surface area contributed by atoms with Crippen molar-refractivity contribution in [1.29, 1.82) is 0 Å². The van der Waals surface area contributed by atoms with Crippen LogP contribution in [0.4, 0.5) is 0 Å². The summed E-state index contributed by atoms with van der Waals surface area (Å²) in [6.45, 7) is 2.84. The van der Waals surface area contributed by atoms with Crippen LogP contribution in [0.1, 0.15) is 17.8 Å². The molecule has 1 aromatic heterocycles. The van der Waals surface area contributed by atoms with E-state index in [1.165, 1.54) is 0 Å². The molecule has 7 nitrogen and oxygen atoms in total. The maximum atomic E-state index is 8.56. The van der Waals surface area contributed by atoms with Crippen molar-refractivity contribution in [3.05, 3.63) is 17.5 Å². The molecule has 94 valence electrons. The van der Waals surface area contributed by atoms with Crippen LogP contribution in [0, 0.1) is 6.92 Å². The van der Waals surface area contributed by atoms with Gasteiger partial charge in [-0.05, 0) is 13.0 Å². The molecule has 0 spiro atoms. The van der Waals surface area contributed by atoms with E-state index in [-0.39, 0.29) is 11.8 Å². The van der Waals surface area contributed by atoms with Crippen LogP contribution in [-0.2, 0) is 4.74 Å². The monoisotopic (exact) mass is 240 g/mol. The van der Waals surface area contributed by atoms with Crippen LogP contribution < -0.4 is 10.5 Å². The Morgan fingerprint density at radius 2 is 2.24 bits per heavy atom. The summed E-state index contributed by atoms with van der Waals surface area (Å²) in [5.41, 5.74) is 6.46. The van der Waals surface area contributed by atoms with Gasteiger partial charge in [0.1, 0.15) is 5.69 Å². The molecule has 1 rings (SSSR count). The van der Waals surface area contributed by atoms with Gasteiger partial charge >= 0.3 is 6.01 Å². The third kappa shape index (κ3) is 4.23. The van der Waals surface area contributed by atoms with Gasteiger partial charge in [0.25, 0.3) is 0 Å². The van der Waals surface area contributed by atoms with E-state index in [1.54, 1.807) is 20.1 Å². The molecule has 0 bridgehead atoms. The number of oxime groups is 1. The lowest BCUT2D eigenvalue weighted by molar-refractivity contribution is 0.168. The van der Waals surface area contributed by atoms with Gasteiger partial charge in [-0.25, -0.2) is 4.98 Å². The first-order chi connectivity index (χ1) is 8.17. The van der Waals surface area contributed by atoms with E-state index in [1.807, 2.05) is 0 Å². The Bertz CT molecular complexity index is 395. The van der Waals surface area contributed by atoms with Crippen LogP contribution in [0.15, 0.2) is 11.2 Å². The first-order valence-corrected chi connectivity index (χ1v) is 5.12. The second-order valence-electron chi connectivity index (χ2n) is 3.36.